The Kier molecular flexibility index (Phi) is 6.58. The molecule has 5 heteroatoms. The summed E-state index contributed by atoms with van der Waals surface area (Å²) in [7, 11) is 0. The monoisotopic (exact) mass is 417 g/mol. The lowest BCUT2D eigenvalue weighted by Crippen LogP contribution is -2.35. The number of amides is 1. The fourth-order valence-corrected chi connectivity index (χ4v) is 4.96. The van der Waals surface area contributed by atoms with Crippen LogP contribution < -0.4 is 10.2 Å². The Bertz CT molecular complexity index is 945. The highest BCUT2D eigenvalue weighted by Crippen LogP contribution is 2.35. The highest BCUT2D eigenvalue weighted by atomic mass is 16.5. The molecular weight excluding hydrogens is 386 g/mol. The number of ether oxygens (including phenoxy) is 1. The molecule has 2 aromatic carbocycles. The van der Waals surface area contributed by atoms with Gasteiger partial charge in [-0.3, -0.25) is 4.79 Å². The van der Waals surface area contributed by atoms with Gasteiger partial charge in [0.2, 0.25) is 5.91 Å². The van der Waals surface area contributed by atoms with Crippen molar-refractivity contribution in [1.82, 2.24) is 0 Å². The van der Waals surface area contributed by atoms with Gasteiger partial charge in [0.15, 0.2) is 0 Å². The topological polar surface area (TPSA) is 65.4 Å². The first-order chi connectivity index (χ1) is 15.1. The van der Waals surface area contributed by atoms with Gasteiger partial charge in [-0.2, -0.15) is 5.26 Å². The third kappa shape index (κ3) is 4.75. The molecule has 2 aliphatic rings. The van der Waals surface area contributed by atoms with Crippen molar-refractivity contribution in [3.8, 4) is 6.07 Å². The zero-order valence-electron chi connectivity index (χ0n) is 18.4. The molecule has 31 heavy (non-hydrogen) atoms. The molecule has 5 nitrogen and oxygen atoms in total. The summed E-state index contributed by atoms with van der Waals surface area (Å²) in [6.07, 6.45) is 2.90. The number of carbonyl (C=O) groups is 1. The second-order valence-corrected chi connectivity index (χ2v) is 8.83. The van der Waals surface area contributed by atoms with Gasteiger partial charge in [0.1, 0.15) is 6.07 Å². The fraction of sp³-hybridized carbons (Fsp3) is 0.462. The number of hydrogen-bond acceptors (Lipinski definition) is 4. The molecule has 0 aromatic heterocycles. The van der Waals surface area contributed by atoms with Crippen LogP contribution in [0.5, 0.6) is 0 Å². The number of rotatable bonds is 5. The van der Waals surface area contributed by atoms with Crippen molar-refractivity contribution in [3.63, 3.8) is 0 Å². The molecule has 4 rings (SSSR count). The van der Waals surface area contributed by atoms with Crippen molar-refractivity contribution in [2.45, 2.75) is 45.1 Å². The van der Waals surface area contributed by atoms with Crippen molar-refractivity contribution in [1.29, 1.82) is 5.26 Å². The number of anilines is 2. The van der Waals surface area contributed by atoms with Gasteiger partial charge in [-0.05, 0) is 61.8 Å². The minimum absolute atomic E-state index is 0.0302. The number of nitrogens with one attached hydrogen (secondary N) is 1. The van der Waals surface area contributed by atoms with Gasteiger partial charge >= 0.3 is 0 Å². The SMILES string of the molecule is CC(c1ccccc1)C1CCN(c2ccc(NC(=O)C3CCO[C@@H]3C)cc2C#N)CC1. The highest BCUT2D eigenvalue weighted by Gasteiger charge is 2.31. The van der Waals surface area contributed by atoms with Crippen molar-refractivity contribution in [2.75, 3.05) is 29.9 Å². The van der Waals surface area contributed by atoms with Crippen LogP contribution in [0.2, 0.25) is 0 Å². The number of nitrogens with zero attached hydrogens (tertiary/aromatic N) is 2. The standard InChI is InChI=1S/C26H31N3O2/c1-18(20-6-4-3-5-7-20)21-10-13-29(14-11-21)25-9-8-23(16-22(25)17-27)28-26(30)24-12-15-31-19(24)2/h3-9,16,18-19,21,24H,10-15H2,1-2H3,(H,28,30)/t18?,19-,24?/m1/s1. The van der Waals surface area contributed by atoms with E-state index in [0.717, 1.165) is 38.0 Å². The van der Waals surface area contributed by atoms with Gasteiger partial charge in [0.25, 0.3) is 0 Å². The zero-order valence-corrected chi connectivity index (χ0v) is 18.4. The van der Waals surface area contributed by atoms with Crippen LogP contribution in [0.15, 0.2) is 48.5 Å². The molecular formula is C26H31N3O2. The number of piperidine rings is 1. The first-order valence-corrected chi connectivity index (χ1v) is 11.3. The van der Waals surface area contributed by atoms with E-state index in [-0.39, 0.29) is 17.9 Å². The number of nitriles is 1. The molecule has 0 aliphatic carbocycles. The van der Waals surface area contributed by atoms with Gasteiger partial charge in [0.05, 0.1) is 23.3 Å². The molecule has 162 valence electrons. The summed E-state index contributed by atoms with van der Waals surface area (Å²) in [4.78, 5) is 14.9. The second kappa shape index (κ2) is 9.53. The molecule has 2 fully saturated rings. The Morgan fingerprint density at radius 1 is 1.16 bits per heavy atom. The minimum Gasteiger partial charge on any atom is -0.378 e. The molecule has 2 aromatic rings. The van der Waals surface area contributed by atoms with Crippen LogP contribution in [-0.2, 0) is 9.53 Å². The summed E-state index contributed by atoms with van der Waals surface area (Å²) in [5.74, 6) is 1.03. The van der Waals surface area contributed by atoms with E-state index < -0.39 is 0 Å². The van der Waals surface area contributed by atoms with Crippen LogP contribution in [0.1, 0.15) is 50.2 Å². The van der Waals surface area contributed by atoms with Gasteiger partial charge in [-0.25, -0.2) is 0 Å². The molecule has 0 radical (unpaired) electrons. The van der Waals surface area contributed by atoms with Crippen LogP contribution >= 0.6 is 0 Å². The normalized spacial score (nSPS) is 22.7. The Labute approximate surface area is 185 Å². The summed E-state index contributed by atoms with van der Waals surface area (Å²) in [5, 5.41) is 12.7. The first kappa shape index (κ1) is 21.4. The van der Waals surface area contributed by atoms with Crippen molar-refractivity contribution in [3.05, 3.63) is 59.7 Å². The Balaban J connectivity index is 1.40. The van der Waals surface area contributed by atoms with Crippen molar-refractivity contribution < 1.29 is 9.53 Å². The molecule has 0 bridgehead atoms. The summed E-state index contributed by atoms with van der Waals surface area (Å²) in [6, 6.07) is 18.7. The third-order valence-corrected chi connectivity index (χ3v) is 7.01. The molecule has 2 saturated heterocycles. The predicted octanol–water partition coefficient (Wildman–Crippen LogP) is 4.94. The van der Waals surface area contributed by atoms with Crippen LogP contribution in [0.25, 0.3) is 0 Å². The van der Waals surface area contributed by atoms with E-state index in [2.05, 4.69) is 53.5 Å². The molecule has 1 amide bonds. The lowest BCUT2D eigenvalue weighted by Gasteiger charge is -2.36. The Morgan fingerprint density at radius 3 is 2.55 bits per heavy atom. The van der Waals surface area contributed by atoms with Crippen LogP contribution in [0.3, 0.4) is 0 Å². The maximum absolute atomic E-state index is 12.5. The molecule has 1 N–H and O–H groups in total. The highest BCUT2D eigenvalue weighted by molar-refractivity contribution is 5.93. The summed E-state index contributed by atoms with van der Waals surface area (Å²) in [5.41, 5.74) is 3.66. The van der Waals surface area contributed by atoms with E-state index in [4.69, 9.17) is 4.74 Å². The van der Waals surface area contributed by atoms with E-state index in [9.17, 15) is 10.1 Å². The zero-order chi connectivity index (χ0) is 21.8. The van der Waals surface area contributed by atoms with E-state index in [0.29, 0.717) is 29.7 Å². The Hall–Kier alpha value is -2.84. The second-order valence-electron chi connectivity index (χ2n) is 8.83. The lowest BCUT2D eigenvalue weighted by atomic mass is 9.81. The van der Waals surface area contributed by atoms with Crippen molar-refractivity contribution >= 4 is 17.3 Å². The van der Waals surface area contributed by atoms with Crippen molar-refractivity contribution in [2.24, 2.45) is 11.8 Å². The van der Waals surface area contributed by atoms with E-state index in [1.807, 2.05) is 19.1 Å². The molecule has 3 atom stereocenters. The minimum atomic E-state index is -0.129. The van der Waals surface area contributed by atoms with Crippen LogP contribution in [-0.4, -0.2) is 31.7 Å². The van der Waals surface area contributed by atoms with E-state index in [1.165, 1.54) is 5.56 Å². The summed E-state index contributed by atoms with van der Waals surface area (Å²) >= 11 is 0. The van der Waals surface area contributed by atoms with Gasteiger partial charge in [-0.15, -0.1) is 0 Å². The summed E-state index contributed by atoms with van der Waals surface area (Å²) in [6.45, 7) is 6.77. The maximum atomic E-state index is 12.5. The molecule has 2 heterocycles. The molecule has 2 aliphatic heterocycles. The third-order valence-electron chi connectivity index (χ3n) is 7.01. The smallest absolute Gasteiger partial charge is 0.230 e. The molecule has 0 spiro atoms. The average molecular weight is 418 g/mol. The predicted molar refractivity (Wildman–Crippen MR) is 123 cm³/mol. The Morgan fingerprint density at radius 2 is 1.90 bits per heavy atom. The van der Waals surface area contributed by atoms with Gasteiger partial charge in [-0.1, -0.05) is 37.3 Å². The summed E-state index contributed by atoms with van der Waals surface area (Å²) < 4.78 is 5.50. The van der Waals surface area contributed by atoms with E-state index in [1.54, 1.807) is 6.07 Å². The quantitative estimate of drug-likeness (QED) is 0.748. The maximum Gasteiger partial charge on any atom is 0.230 e. The van der Waals surface area contributed by atoms with Crippen LogP contribution in [0, 0.1) is 23.2 Å². The molecule has 2 unspecified atom stereocenters. The van der Waals surface area contributed by atoms with Crippen LogP contribution in [0.4, 0.5) is 11.4 Å². The van der Waals surface area contributed by atoms with Gasteiger partial charge in [0, 0.05) is 25.4 Å². The first-order valence-electron chi connectivity index (χ1n) is 11.3. The number of hydrogen-bond donors (Lipinski definition) is 1. The number of carbonyl (C=O) groups excluding carboxylic acids is 1. The van der Waals surface area contributed by atoms with Gasteiger partial charge < -0.3 is 15.0 Å². The number of benzene rings is 2. The largest absolute Gasteiger partial charge is 0.378 e. The fourth-order valence-electron chi connectivity index (χ4n) is 4.96. The average Bonchev–Trinajstić information content (AvgIpc) is 3.25. The molecule has 0 saturated carbocycles. The lowest BCUT2D eigenvalue weighted by molar-refractivity contribution is -0.121. The van der Waals surface area contributed by atoms with E-state index >= 15 is 0 Å².